The minimum absolute atomic E-state index is 0.0332. The predicted molar refractivity (Wildman–Crippen MR) is 63.5 cm³/mol. The molecule has 5 nitrogen and oxygen atoms in total. The lowest BCUT2D eigenvalue weighted by Gasteiger charge is -2.03. The van der Waals surface area contributed by atoms with Gasteiger partial charge in [0.2, 0.25) is 0 Å². The number of nitrogens with zero attached hydrogens (tertiary/aromatic N) is 4. The summed E-state index contributed by atoms with van der Waals surface area (Å²) in [4.78, 5) is 8.01. The summed E-state index contributed by atoms with van der Waals surface area (Å²) in [5.41, 5.74) is 1.43. The van der Waals surface area contributed by atoms with Gasteiger partial charge in [-0.25, -0.2) is 9.97 Å². The third-order valence-electron chi connectivity index (χ3n) is 2.37. The number of hydrogen-bond donors (Lipinski definition) is 0. The lowest BCUT2D eigenvalue weighted by atomic mass is 10.1. The number of hydrogen-bond acceptors (Lipinski definition) is 5. The van der Waals surface area contributed by atoms with E-state index in [4.69, 9.17) is 15.3 Å². The zero-order valence-corrected chi connectivity index (χ0v) is 9.58. The molecule has 0 radical (unpaired) electrons. The molecule has 2 aromatic rings. The van der Waals surface area contributed by atoms with E-state index in [1.165, 1.54) is 6.20 Å². The van der Waals surface area contributed by atoms with Crippen LogP contribution in [0.1, 0.15) is 11.4 Å². The van der Waals surface area contributed by atoms with Crippen LogP contribution < -0.4 is 4.74 Å². The molecule has 1 heterocycles. The lowest BCUT2D eigenvalue weighted by Crippen LogP contribution is -1.96. The molecule has 18 heavy (non-hydrogen) atoms. The maximum Gasteiger partial charge on any atom is 0.177 e. The molecule has 1 aromatic heterocycles. The summed E-state index contributed by atoms with van der Waals surface area (Å²) in [7, 11) is 1.59. The summed E-state index contributed by atoms with van der Waals surface area (Å²) in [6.45, 7) is 0. The van der Waals surface area contributed by atoms with Crippen molar-refractivity contribution in [3.05, 3.63) is 41.9 Å². The predicted octanol–water partition coefficient (Wildman–Crippen LogP) is 1.90. The fraction of sp³-hybridized carbons (Fsp3) is 0.0769. The molecule has 0 unspecified atom stereocenters. The first-order valence-corrected chi connectivity index (χ1v) is 5.10. The summed E-state index contributed by atoms with van der Waals surface area (Å²) in [5.74, 6) is 0.737. The Balaban J connectivity index is 2.45. The Bertz CT molecular complexity index is 650. The normalized spacial score (nSPS) is 9.28. The van der Waals surface area contributed by atoms with Crippen LogP contribution in [-0.2, 0) is 0 Å². The van der Waals surface area contributed by atoms with Gasteiger partial charge in [0.05, 0.1) is 19.0 Å². The average molecular weight is 236 g/mol. The zero-order valence-electron chi connectivity index (χ0n) is 9.58. The van der Waals surface area contributed by atoms with Crippen LogP contribution >= 0.6 is 0 Å². The van der Waals surface area contributed by atoms with Crippen molar-refractivity contribution in [1.82, 2.24) is 9.97 Å². The van der Waals surface area contributed by atoms with Crippen LogP contribution in [0.15, 0.2) is 30.5 Å². The van der Waals surface area contributed by atoms with Gasteiger partial charge in [-0.2, -0.15) is 10.5 Å². The summed E-state index contributed by atoms with van der Waals surface area (Å²) in [6.07, 6.45) is 1.47. The molecule has 0 N–H and O–H groups in total. The number of methoxy groups -OCH3 is 1. The van der Waals surface area contributed by atoms with E-state index in [-0.39, 0.29) is 11.4 Å². The van der Waals surface area contributed by atoms with Crippen molar-refractivity contribution in [3.8, 4) is 29.1 Å². The summed E-state index contributed by atoms with van der Waals surface area (Å²) >= 11 is 0. The largest absolute Gasteiger partial charge is 0.497 e. The van der Waals surface area contributed by atoms with Crippen LogP contribution in [0, 0.1) is 22.7 Å². The van der Waals surface area contributed by atoms with Gasteiger partial charge in [-0.15, -0.1) is 0 Å². The van der Waals surface area contributed by atoms with Gasteiger partial charge in [-0.05, 0) is 24.3 Å². The SMILES string of the molecule is COc1ccc(-c2cnc(C#N)c(C#N)n2)cc1. The van der Waals surface area contributed by atoms with Gasteiger partial charge in [0.25, 0.3) is 0 Å². The highest BCUT2D eigenvalue weighted by Crippen LogP contribution is 2.20. The molecule has 0 saturated carbocycles. The molecule has 0 saturated heterocycles. The fourth-order valence-corrected chi connectivity index (χ4v) is 1.45. The highest BCUT2D eigenvalue weighted by molar-refractivity contribution is 5.60. The average Bonchev–Trinajstić information content (AvgIpc) is 2.46. The van der Waals surface area contributed by atoms with Gasteiger partial charge >= 0.3 is 0 Å². The molecule has 0 aliphatic rings. The first kappa shape index (κ1) is 11.6. The van der Waals surface area contributed by atoms with Crippen molar-refractivity contribution in [3.63, 3.8) is 0 Å². The van der Waals surface area contributed by atoms with E-state index in [0.717, 1.165) is 11.3 Å². The van der Waals surface area contributed by atoms with Crippen molar-refractivity contribution in [2.24, 2.45) is 0 Å². The molecular formula is C13H8N4O. The van der Waals surface area contributed by atoms with Gasteiger partial charge in [0.1, 0.15) is 17.9 Å². The molecule has 0 aliphatic carbocycles. The summed E-state index contributed by atoms with van der Waals surface area (Å²) in [6, 6.07) is 10.9. The van der Waals surface area contributed by atoms with E-state index in [1.54, 1.807) is 19.2 Å². The third-order valence-corrected chi connectivity index (χ3v) is 2.37. The molecule has 0 spiro atoms. The van der Waals surface area contributed by atoms with Crippen LogP contribution in [0.3, 0.4) is 0 Å². The standard InChI is InChI=1S/C13H8N4O/c1-18-10-4-2-9(3-5-10)13-8-16-11(6-14)12(7-15)17-13/h2-5,8H,1H3. The monoisotopic (exact) mass is 236 g/mol. The van der Waals surface area contributed by atoms with E-state index in [2.05, 4.69) is 9.97 Å². The second-order valence-corrected chi connectivity index (χ2v) is 3.40. The van der Waals surface area contributed by atoms with Crippen molar-refractivity contribution in [2.75, 3.05) is 7.11 Å². The summed E-state index contributed by atoms with van der Waals surface area (Å²) in [5, 5.41) is 17.6. The molecule has 0 atom stereocenters. The Kier molecular flexibility index (Phi) is 3.17. The Morgan fingerprint density at radius 2 is 1.72 bits per heavy atom. The number of rotatable bonds is 2. The van der Waals surface area contributed by atoms with Crippen LogP contribution in [0.2, 0.25) is 0 Å². The molecule has 0 amide bonds. The number of nitriles is 2. The Morgan fingerprint density at radius 1 is 1.06 bits per heavy atom. The smallest absolute Gasteiger partial charge is 0.177 e. The highest BCUT2D eigenvalue weighted by Gasteiger charge is 2.07. The van der Waals surface area contributed by atoms with Gasteiger partial charge < -0.3 is 4.74 Å². The number of benzene rings is 1. The topological polar surface area (TPSA) is 82.6 Å². The minimum atomic E-state index is 0.0332. The molecule has 86 valence electrons. The molecule has 0 aliphatic heterocycles. The fourth-order valence-electron chi connectivity index (χ4n) is 1.45. The van der Waals surface area contributed by atoms with Gasteiger partial charge in [0.15, 0.2) is 11.4 Å². The highest BCUT2D eigenvalue weighted by atomic mass is 16.5. The minimum Gasteiger partial charge on any atom is -0.497 e. The third kappa shape index (κ3) is 2.11. The summed E-state index contributed by atoms with van der Waals surface area (Å²) < 4.78 is 5.06. The molecular weight excluding hydrogens is 228 g/mol. The maximum atomic E-state index is 8.88. The van der Waals surface area contributed by atoms with Crippen molar-refractivity contribution in [2.45, 2.75) is 0 Å². The molecule has 0 fully saturated rings. The molecule has 1 aromatic carbocycles. The van der Waals surface area contributed by atoms with Crippen LogP contribution in [-0.4, -0.2) is 17.1 Å². The van der Waals surface area contributed by atoms with E-state index >= 15 is 0 Å². The zero-order chi connectivity index (χ0) is 13.0. The van der Waals surface area contributed by atoms with Gasteiger partial charge in [-0.3, -0.25) is 0 Å². The quantitative estimate of drug-likeness (QED) is 0.795. The van der Waals surface area contributed by atoms with Crippen LogP contribution in [0.25, 0.3) is 11.3 Å². The number of ether oxygens (including phenoxy) is 1. The second-order valence-electron chi connectivity index (χ2n) is 3.40. The van der Waals surface area contributed by atoms with E-state index in [9.17, 15) is 0 Å². The van der Waals surface area contributed by atoms with Crippen molar-refractivity contribution in [1.29, 1.82) is 10.5 Å². The Hall–Kier alpha value is -2.92. The van der Waals surface area contributed by atoms with Crippen LogP contribution in [0.4, 0.5) is 0 Å². The molecule has 0 bridgehead atoms. The van der Waals surface area contributed by atoms with Gasteiger partial charge in [0, 0.05) is 5.56 Å². The second kappa shape index (κ2) is 4.94. The number of aromatic nitrogens is 2. The van der Waals surface area contributed by atoms with Gasteiger partial charge in [-0.1, -0.05) is 0 Å². The first-order chi connectivity index (χ1) is 8.78. The molecule has 5 heteroatoms. The molecule has 2 rings (SSSR count). The lowest BCUT2D eigenvalue weighted by molar-refractivity contribution is 0.415. The maximum absolute atomic E-state index is 8.88. The van der Waals surface area contributed by atoms with E-state index in [0.29, 0.717) is 5.69 Å². The van der Waals surface area contributed by atoms with Crippen LogP contribution in [0.5, 0.6) is 5.75 Å². The Labute approximate surface area is 104 Å². The van der Waals surface area contributed by atoms with Crippen molar-refractivity contribution >= 4 is 0 Å². The van der Waals surface area contributed by atoms with Crippen molar-refractivity contribution < 1.29 is 4.74 Å². The van der Waals surface area contributed by atoms with E-state index in [1.807, 2.05) is 24.3 Å². The van der Waals surface area contributed by atoms with E-state index < -0.39 is 0 Å². The Morgan fingerprint density at radius 3 is 2.28 bits per heavy atom. The first-order valence-electron chi connectivity index (χ1n) is 5.10.